The Hall–Kier alpha value is -1.67. The zero-order valence-electron chi connectivity index (χ0n) is 48.5. The number of aliphatic hydroxyl groups is 7. The van der Waals surface area contributed by atoms with Gasteiger partial charge >= 0.3 is 0 Å². The lowest BCUT2D eigenvalue weighted by atomic mass is 9.98. The number of hydrogen-bond donors (Lipinski definition) is 8. The van der Waals surface area contributed by atoms with Gasteiger partial charge in [-0.15, -0.1) is 0 Å². The zero-order chi connectivity index (χ0) is 54.7. The Morgan fingerprint density at radius 3 is 1.19 bits per heavy atom. The van der Waals surface area contributed by atoms with Crippen LogP contribution in [0.4, 0.5) is 0 Å². The topological polar surface area (TPSA) is 189 Å². The molecule has 0 aliphatic carbocycles. The molecule has 9 unspecified atom stereocenters. The van der Waals surface area contributed by atoms with Crippen LogP contribution in [0.1, 0.15) is 296 Å². The van der Waals surface area contributed by atoms with Crippen LogP contribution < -0.4 is 5.32 Å². The number of nitrogens with one attached hydrogen (secondary N) is 1. The summed E-state index contributed by atoms with van der Waals surface area (Å²) in [5, 5.41) is 76.1. The van der Waals surface area contributed by atoms with Gasteiger partial charge in [0.25, 0.3) is 0 Å². The summed E-state index contributed by atoms with van der Waals surface area (Å²) in [6.45, 7) is 3.43. The van der Waals surface area contributed by atoms with E-state index < -0.39 is 74.2 Å². The zero-order valence-corrected chi connectivity index (χ0v) is 48.5. The molecular formula is C64H121NO10. The van der Waals surface area contributed by atoms with Gasteiger partial charge in [-0.05, 0) is 64.2 Å². The number of unbranched alkanes of at least 4 members (excludes halogenated alkanes) is 37. The second kappa shape index (κ2) is 53.0. The van der Waals surface area contributed by atoms with Crippen molar-refractivity contribution in [1.82, 2.24) is 5.32 Å². The summed E-state index contributed by atoms with van der Waals surface area (Å²) >= 11 is 0. The number of carbonyl (C=O) groups is 1. The first kappa shape index (κ1) is 71.3. The summed E-state index contributed by atoms with van der Waals surface area (Å²) in [6, 6.07) is -1.19. The molecule has 8 N–H and O–H groups in total. The predicted octanol–water partition coefficient (Wildman–Crippen LogP) is 14.2. The summed E-state index contributed by atoms with van der Waals surface area (Å²) in [6.07, 6.45) is 55.2. The molecule has 1 aliphatic heterocycles. The lowest BCUT2D eigenvalue weighted by Crippen LogP contribution is -2.60. The molecular weight excluding hydrogens is 943 g/mol. The fourth-order valence-electron chi connectivity index (χ4n) is 10.2. The summed E-state index contributed by atoms with van der Waals surface area (Å²) in [5.41, 5.74) is 0. The van der Waals surface area contributed by atoms with Gasteiger partial charge in [0, 0.05) is 0 Å². The second-order valence-electron chi connectivity index (χ2n) is 22.5. The SMILES string of the molecule is CCCCC/C=C/CC/C=C/CC/C=C/CCCC(O)C(O)C(COC1OC(CO)C(O)C(O)C1O)NC(=O)C(O)CCCCCCCCCCCCCCCCCCCCCCCCCCCCCCCCCC. The molecule has 0 radical (unpaired) electrons. The van der Waals surface area contributed by atoms with E-state index in [4.69, 9.17) is 9.47 Å². The molecule has 0 bridgehead atoms. The molecule has 75 heavy (non-hydrogen) atoms. The van der Waals surface area contributed by atoms with Gasteiger partial charge in [0.2, 0.25) is 5.91 Å². The smallest absolute Gasteiger partial charge is 0.249 e. The van der Waals surface area contributed by atoms with E-state index in [9.17, 15) is 40.5 Å². The lowest BCUT2D eigenvalue weighted by molar-refractivity contribution is -0.303. The van der Waals surface area contributed by atoms with Crippen molar-refractivity contribution in [2.24, 2.45) is 0 Å². The molecule has 9 atom stereocenters. The summed E-state index contributed by atoms with van der Waals surface area (Å²) < 4.78 is 11.1. The number of hydrogen-bond acceptors (Lipinski definition) is 10. The third-order valence-electron chi connectivity index (χ3n) is 15.4. The second-order valence-corrected chi connectivity index (χ2v) is 22.5. The van der Waals surface area contributed by atoms with E-state index in [0.29, 0.717) is 19.3 Å². The molecule has 1 saturated heterocycles. The maximum Gasteiger partial charge on any atom is 0.249 e. The van der Waals surface area contributed by atoms with Gasteiger partial charge in [0.15, 0.2) is 6.29 Å². The highest BCUT2D eigenvalue weighted by atomic mass is 16.7. The van der Waals surface area contributed by atoms with Crippen molar-refractivity contribution >= 4 is 5.91 Å². The van der Waals surface area contributed by atoms with Crippen molar-refractivity contribution in [2.75, 3.05) is 13.2 Å². The Labute approximate surface area is 460 Å². The van der Waals surface area contributed by atoms with Crippen LogP contribution in [0.3, 0.4) is 0 Å². The Morgan fingerprint density at radius 1 is 0.453 bits per heavy atom. The van der Waals surface area contributed by atoms with Crippen LogP contribution in [-0.4, -0.2) is 110 Å². The lowest BCUT2D eigenvalue weighted by Gasteiger charge is -2.40. The van der Waals surface area contributed by atoms with E-state index in [0.717, 1.165) is 44.9 Å². The van der Waals surface area contributed by atoms with Crippen LogP contribution >= 0.6 is 0 Å². The monoisotopic (exact) mass is 1060 g/mol. The van der Waals surface area contributed by atoms with Gasteiger partial charge in [0.1, 0.15) is 36.6 Å². The number of rotatable bonds is 55. The van der Waals surface area contributed by atoms with E-state index >= 15 is 0 Å². The molecule has 0 spiro atoms. The maximum atomic E-state index is 13.2. The van der Waals surface area contributed by atoms with Crippen molar-refractivity contribution in [3.63, 3.8) is 0 Å². The van der Waals surface area contributed by atoms with E-state index in [1.807, 2.05) is 0 Å². The minimum atomic E-state index is -1.67. The van der Waals surface area contributed by atoms with E-state index in [1.54, 1.807) is 0 Å². The fourth-order valence-corrected chi connectivity index (χ4v) is 10.2. The van der Waals surface area contributed by atoms with Crippen molar-refractivity contribution in [1.29, 1.82) is 0 Å². The molecule has 11 heteroatoms. The molecule has 1 aliphatic rings. The van der Waals surface area contributed by atoms with Crippen LogP contribution in [0, 0.1) is 0 Å². The molecule has 0 aromatic carbocycles. The van der Waals surface area contributed by atoms with Gasteiger partial charge in [-0.1, -0.05) is 269 Å². The van der Waals surface area contributed by atoms with Crippen molar-refractivity contribution in [3.8, 4) is 0 Å². The highest BCUT2D eigenvalue weighted by molar-refractivity contribution is 5.80. The fraction of sp³-hybridized carbons (Fsp3) is 0.891. The predicted molar refractivity (Wildman–Crippen MR) is 312 cm³/mol. The molecule has 11 nitrogen and oxygen atoms in total. The van der Waals surface area contributed by atoms with Gasteiger partial charge in [-0.25, -0.2) is 0 Å². The first-order valence-electron chi connectivity index (χ1n) is 31.9. The highest BCUT2D eigenvalue weighted by Crippen LogP contribution is 2.24. The molecule has 0 saturated carbocycles. The molecule has 0 aromatic rings. The normalized spacial score (nSPS) is 19.9. The van der Waals surface area contributed by atoms with Crippen molar-refractivity contribution in [2.45, 2.75) is 351 Å². The van der Waals surface area contributed by atoms with Gasteiger partial charge in [-0.2, -0.15) is 0 Å². The average molecular weight is 1060 g/mol. The summed E-state index contributed by atoms with van der Waals surface area (Å²) in [4.78, 5) is 13.2. The largest absolute Gasteiger partial charge is 0.394 e. The van der Waals surface area contributed by atoms with Crippen LogP contribution in [0.2, 0.25) is 0 Å². The Bertz CT molecular complexity index is 1310. The third kappa shape index (κ3) is 41.1. The summed E-state index contributed by atoms with van der Waals surface area (Å²) in [5.74, 6) is -0.708. The molecule has 1 amide bonds. The molecule has 1 heterocycles. The van der Waals surface area contributed by atoms with Crippen LogP contribution in [0.25, 0.3) is 0 Å². The Balaban J connectivity index is 2.20. The number of amides is 1. The van der Waals surface area contributed by atoms with Crippen LogP contribution in [0.5, 0.6) is 0 Å². The molecule has 1 rings (SSSR count). The minimum absolute atomic E-state index is 0.242. The summed E-state index contributed by atoms with van der Waals surface area (Å²) in [7, 11) is 0. The first-order valence-corrected chi connectivity index (χ1v) is 31.9. The number of ether oxygens (including phenoxy) is 2. The maximum absolute atomic E-state index is 13.2. The van der Waals surface area contributed by atoms with E-state index in [2.05, 4.69) is 55.6 Å². The highest BCUT2D eigenvalue weighted by Gasteiger charge is 2.44. The van der Waals surface area contributed by atoms with Crippen LogP contribution in [-0.2, 0) is 14.3 Å². The molecule has 1 fully saturated rings. The van der Waals surface area contributed by atoms with Gasteiger partial charge < -0.3 is 50.5 Å². The average Bonchev–Trinajstić information content (AvgIpc) is 3.41. The Morgan fingerprint density at radius 2 is 0.800 bits per heavy atom. The first-order chi connectivity index (χ1) is 36.7. The molecule has 442 valence electrons. The van der Waals surface area contributed by atoms with E-state index in [-0.39, 0.29) is 12.8 Å². The number of aliphatic hydroxyl groups excluding tert-OH is 7. The Kier molecular flexibility index (Phi) is 50.4. The third-order valence-corrected chi connectivity index (χ3v) is 15.4. The van der Waals surface area contributed by atoms with E-state index in [1.165, 1.54) is 205 Å². The van der Waals surface area contributed by atoms with Gasteiger partial charge in [0.05, 0.1) is 25.4 Å². The molecule has 0 aromatic heterocycles. The van der Waals surface area contributed by atoms with Crippen molar-refractivity contribution < 1.29 is 50.0 Å². The van der Waals surface area contributed by atoms with Gasteiger partial charge in [-0.3, -0.25) is 4.79 Å². The van der Waals surface area contributed by atoms with Crippen molar-refractivity contribution in [3.05, 3.63) is 36.5 Å². The standard InChI is InChI=1S/C64H121NO10/c1-3-5-7-9-11-13-15-17-19-21-22-23-24-25-26-27-28-29-30-31-32-33-34-35-36-38-40-42-44-46-48-50-52-57(68)63(73)65-55(54-74-64-62(72)61(71)60(70)58(53-66)75-64)59(69)56(67)51-49-47-45-43-41-39-37-20-18-16-14-12-10-8-6-4-2/h12,14,20,37,43,45,55-62,64,66-72H,3-11,13,15-19,21-36,38-42,44,46-54H2,1-2H3,(H,65,73)/b14-12+,37-20+,45-43+. The minimum Gasteiger partial charge on any atom is -0.394 e. The number of carbonyl (C=O) groups excluding carboxylic acids is 1. The quantitative estimate of drug-likeness (QED) is 0.0215. The van der Waals surface area contributed by atoms with Crippen LogP contribution in [0.15, 0.2) is 36.5 Å². The number of allylic oxidation sites excluding steroid dienone is 6.